The zero-order valence-corrected chi connectivity index (χ0v) is 21.9. The number of fused-ring (bicyclic) bond motifs is 1. The first-order chi connectivity index (χ1) is 18.1. The average Bonchev–Trinajstić information content (AvgIpc) is 3.39. The lowest BCUT2D eigenvalue weighted by Crippen LogP contribution is -2.49. The van der Waals surface area contributed by atoms with Gasteiger partial charge in [-0.1, -0.05) is 26.0 Å². The summed E-state index contributed by atoms with van der Waals surface area (Å²) in [5.74, 6) is 0.938. The van der Waals surface area contributed by atoms with Gasteiger partial charge in [0.15, 0.2) is 6.73 Å². The number of nitrogens with zero attached hydrogens (tertiary/aromatic N) is 3. The minimum Gasteiger partial charge on any atom is -0.473 e. The van der Waals surface area contributed by atoms with Crippen LogP contribution < -0.4 is 4.74 Å². The van der Waals surface area contributed by atoms with Crippen LogP contribution in [0.25, 0.3) is 0 Å². The van der Waals surface area contributed by atoms with E-state index in [1.165, 1.54) is 11.6 Å². The number of ether oxygens (including phenoxy) is 1. The number of benzene rings is 2. The maximum Gasteiger partial charge on any atom is 0.416 e. The number of piperidine rings is 1. The number of nitriles is 1. The van der Waals surface area contributed by atoms with Crippen molar-refractivity contribution in [1.82, 2.24) is 9.80 Å². The molecule has 2 fully saturated rings. The monoisotopic (exact) mass is 525 g/mol. The predicted octanol–water partition coefficient (Wildman–Crippen LogP) is 6.33. The van der Waals surface area contributed by atoms with Gasteiger partial charge in [0.2, 0.25) is 5.91 Å². The highest BCUT2D eigenvalue weighted by Gasteiger charge is 2.51. The van der Waals surface area contributed by atoms with Gasteiger partial charge in [-0.05, 0) is 92.9 Å². The van der Waals surface area contributed by atoms with Gasteiger partial charge in [0, 0.05) is 11.6 Å². The van der Waals surface area contributed by atoms with Gasteiger partial charge < -0.3 is 14.5 Å². The predicted molar refractivity (Wildman–Crippen MR) is 137 cm³/mol. The second kappa shape index (κ2) is 10.3. The van der Waals surface area contributed by atoms with E-state index in [0.29, 0.717) is 28.8 Å². The highest BCUT2D eigenvalue weighted by molar-refractivity contribution is 5.83. The fourth-order valence-electron chi connectivity index (χ4n) is 6.65. The van der Waals surface area contributed by atoms with Gasteiger partial charge in [-0.15, -0.1) is 0 Å². The molecule has 2 aromatic rings. The summed E-state index contributed by atoms with van der Waals surface area (Å²) in [6.07, 6.45) is 0.0556. The maximum absolute atomic E-state index is 14.0. The Labute approximate surface area is 222 Å². The van der Waals surface area contributed by atoms with E-state index < -0.39 is 17.2 Å². The van der Waals surface area contributed by atoms with Crippen LogP contribution in [0.1, 0.15) is 74.1 Å². The number of amides is 1. The molecule has 0 radical (unpaired) electrons. The van der Waals surface area contributed by atoms with Crippen LogP contribution in [0.2, 0.25) is 0 Å². The SMILES string of the molecule is CC(C)[C@]1(C(=O)N2COc3ccc(C(F)(F)F)cc3C2)CC[C@@H](N2CCC(c3cccc(C#N)c3)CC2)C1. The molecule has 2 atom stereocenters. The van der Waals surface area contributed by atoms with E-state index in [4.69, 9.17) is 4.74 Å². The third-order valence-electron chi connectivity index (χ3n) is 9.00. The zero-order chi connectivity index (χ0) is 27.1. The largest absolute Gasteiger partial charge is 0.473 e. The molecule has 1 aliphatic carbocycles. The first kappa shape index (κ1) is 26.6. The van der Waals surface area contributed by atoms with Crippen molar-refractivity contribution in [3.63, 3.8) is 0 Å². The molecule has 5 nitrogen and oxygen atoms in total. The van der Waals surface area contributed by atoms with E-state index in [0.717, 1.165) is 57.3 Å². The van der Waals surface area contributed by atoms with Gasteiger partial charge in [-0.3, -0.25) is 4.79 Å². The van der Waals surface area contributed by atoms with Crippen LogP contribution in [0.4, 0.5) is 13.2 Å². The molecule has 2 aliphatic heterocycles. The fourth-order valence-corrected chi connectivity index (χ4v) is 6.65. The lowest BCUT2D eigenvalue weighted by Gasteiger charge is -2.41. The van der Waals surface area contributed by atoms with Gasteiger partial charge in [0.25, 0.3) is 0 Å². The molecule has 0 unspecified atom stereocenters. The Morgan fingerprint density at radius 1 is 1.13 bits per heavy atom. The van der Waals surface area contributed by atoms with Crippen LogP contribution in [0.15, 0.2) is 42.5 Å². The van der Waals surface area contributed by atoms with Crippen molar-refractivity contribution in [1.29, 1.82) is 5.26 Å². The summed E-state index contributed by atoms with van der Waals surface area (Å²) in [4.78, 5) is 18.1. The molecule has 0 aromatic heterocycles. The second-order valence-corrected chi connectivity index (χ2v) is 11.4. The minimum atomic E-state index is -4.44. The highest BCUT2D eigenvalue weighted by Crippen LogP contribution is 2.49. The van der Waals surface area contributed by atoms with Crippen molar-refractivity contribution in [3.8, 4) is 11.8 Å². The maximum atomic E-state index is 14.0. The van der Waals surface area contributed by atoms with Crippen LogP contribution in [0.5, 0.6) is 5.75 Å². The van der Waals surface area contributed by atoms with E-state index in [-0.39, 0.29) is 25.1 Å². The fraction of sp³-hybridized carbons (Fsp3) is 0.533. The molecule has 1 saturated carbocycles. The molecular weight excluding hydrogens is 491 g/mol. The molecule has 8 heteroatoms. The molecule has 0 spiro atoms. The zero-order valence-electron chi connectivity index (χ0n) is 21.9. The number of hydrogen-bond acceptors (Lipinski definition) is 4. The summed E-state index contributed by atoms with van der Waals surface area (Å²) >= 11 is 0. The second-order valence-electron chi connectivity index (χ2n) is 11.4. The number of rotatable bonds is 4. The summed E-state index contributed by atoms with van der Waals surface area (Å²) in [6.45, 7) is 6.25. The van der Waals surface area contributed by atoms with E-state index in [2.05, 4.69) is 30.9 Å². The number of carbonyl (C=O) groups is 1. The Bertz CT molecular complexity index is 1230. The Morgan fingerprint density at radius 3 is 2.58 bits per heavy atom. The summed E-state index contributed by atoms with van der Waals surface area (Å²) in [7, 11) is 0. The first-order valence-corrected chi connectivity index (χ1v) is 13.5. The van der Waals surface area contributed by atoms with Crippen molar-refractivity contribution >= 4 is 5.91 Å². The van der Waals surface area contributed by atoms with Gasteiger partial charge in [0.05, 0.1) is 29.2 Å². The van der Waals surface area contributed by atoms with Crippen molar-refractivity contribution in [2.75, 3.05) is 19.8 Å². The van der Waals surface area contributed by atoms with Gasteiger partial charge >= 0.3 is 6.18 Å². The Balaban J connectivity index is 1.26. The summed E-state index contributed by atoms with van der Waals surface area (Å²) in [5.41, 5.74) is 1.04. The molecule has 202 valence electrons. The summed E-state index contributed by atoms with van der Waals surface area (Å²) < 4.78 is 45.5. The number of hydrogen-bond donors (Lipinski definition) is 0. The third-order valence-corrected chi connectivity index (χ3v) is 9.00. The topological polar surface area (TPSA) is 56.6 Å². The van der Waals surface area contributed by atoms with Crippen LogP contribution in [0.3, 0.4) is 0 Å². The molecule has 5 rings (SSSR count). The Morgan fingerprint density at radius 2 is 1.89 bits per heavy atom. The third kappa shape index (κ3) is 5.01. The number of carbonyl (C=O) groups excluding carboxylic acids is 1. The summed E-state index contributed by atoms with van der Waals surface area (Å²) in [6, 6.07) is 13.9. The molecule has 1 saturated heterocycles. The smallest absolute Gasteiger partial charge is 0.416 e. The quantitative estimate of drug-likeness (QED) is 0.468. The minimum absolute atomic E-state index is 0.0127. The van der Waals surface area contributed by atoms with E-state index in [1.807, 2.05) is 18.2 Å². The number of halogens is 3. The van der Waals surface area contributed by atoms with Crippen LogP contribution in [-0.2, 0) is 17.5 Å². The molecule has 2 heterocycles. The van der Waals surface area contributed by atoms with Crippen molar-refractivity contribution < 1.29 is 22.7 Å². The Hall–Kier alpha value is -3.05. The highest BCUT2D eigenvalue weighted by atomic mass is 19.4. The lowest BCUT2D eigenvalue weighted by molar-refractivity contribution is -0.150. The number of likely N-dealkylation sites (tertiary alicyclic amines) is 1. The normalized spacial score (nSPS) is 24.7. The number of alkyl halides is 3. The first-order valence-electron chi connectivity index (χ1n) is 13.5. The van der Waals surface area contributed by atoms with Gasteiger partial charge in [0.1, 0.15) is 5.75 Å². The molecule has 2 aromatic carbocycles. The summed E-state index contributed by atoms with van der Waals surface area (Å²) in [5, 5.41) is 9.23. The molecule has 1 amide bonds. The van der Waals surface area contributed by atoms with Gasteiger partial charge in [-0.2, -0.15) is 18.4 Å². The van der Waals surface area contributed by atoms with Crippen LogP contribution >= 0.6 is 0 Å². The molecular formula is C30H34F3N3O2. The molecule has 38 heavy (non-hydrogen) atoms. The standard InChI is InChI=1S/C30H34F3N3O2/c1-20(2)29(28(37)36-18-24-15-25(30(31,32)33)6-7-27(24)38-19-36)11-8-26(16-29)35-12-9-22(10-13-35)23-5-3-4-21(14-23)17-34/h3-7,14-15,20,22,26H,8-13,16,18-19H2,1-2H3/t26-,29+/m1/s1. The van der Waals surface area contributed by atoms with E-state index >= 15 is 0 Å². The van der Waals surface area contributed by atoms with Crippen molar-refractivity contribution in [2.45, 2.75) is 70.6 Å². The van der Waals surface area contributed by atoms with E-state index in [1.54, 1.807) is 4.90 Å². The van der Waals surface area contributed by atoms with Crippen LogP contribution in [0, 0.1) is 22.7 Å². The van der Waals surface area contributed by atoms with Gasteiger partial charge in [-0.25, -0.2) is 0 Å². The Kier molecular flexibility index (Phi) is 7.17. The van der Waals surface area contributed by atoms with Crippen LogP contribution in [-0.4, -0.2) is 41.6 Å². The molecule has 3 aliphatic rings. The van der Waals surface area contributed by atoms with Crippen molar-refractivity contribution in [2.24, 2.45) is 11.3 Å². The lowest BCUT2D eigenvalue weighted by atomic mass is 9.74. The average molecular weight is 526 g/mol. The molecule has 0 N–H and O–H groups in total. The van der Waals surface area contributed by atoms with E-state index in [9.17, 15) is 23.2 Å². The molecule has 0 bridgehead atoms. The van der Waals surface area contributed by atoms with Crippen molar-refractivity contribution in [3.05, 3.63) is 64.7 Å².